The molecule has 0 N–H and O–H groups in total. The molecular formula is C19H25N7O. The number of amides is 1. The molecule has 1 fully saturated rings. The molecule has 0 radical (unpaired) electrons. The molecule has 3 aromatic rings. The largest absolute Gasteiger partial charge is 0.342 e. The molecule has 0 saturated carbocycles. The first-order valence-electron chi connectivity index (χ1n) is 9.26. The zero-order valence-electron chi connectivity index (χ0n) is 16.3. The lowest BCUT2D eigenvalue weighted by Crippen LogP contribution is -2.46. The number of carbonyl (C=O) groups excluding carboxylic acids is 1. The van der Waals surface area contributed by atoms with Crippen molar-refractivity contribution in [2.45, 2.75) is 25.8 Å². The maximum absolute atomic E-state index is 12.7. The molecule has 4 rings (SSSR count). The van der Waals surface area contributed by atoms with E-state index in [1.165, 1.54) is 0 Å². The average molecular weight is 367 g/mol. The summed E-state index contributed by atoms with van der Waals surface area (Å²) in [6.45, 7) is 3.68. The Morgan fingerprint density at radius 3 is 2.63 bits per heavy atom. The predicted octanol–water partition coefficient (Wildman–Crippen LogP) is 1.75. The molecule has 8 heteroatoms. The van der Waals surface area contributed by atoms with Crippen LogP contribution in [0.4, 0.5) is 5.95 Å². The Morgan fingerprint density at radius 1 is 1.26 bits per heavy atom. The highest BCUT2D eigenvalue weighted by atomic mass is 16.2. The number of pyridine rings is 1. The third-order valence-corrected chi connectivity index (χ3v) is 5.55. The standard InChI is InChI=1S/C19H25N7O/c1-13-12-16(22-25(13)4)18(27)23(2)14-7-10-26(11-8-14)19-21-15-6-5-9-20-17(15)24(19)3/h5-6,9,12,14H,7-8,10-11H2,1-4H3. The Hall–Kier alpha value is -2.90. The Labute approximate surface area is 158 Å². The van der Waals surface area contributed by atoms with E-state index in [0.717, 1.165) is 48.7 Å². The molecule has 0 atom stereocenters. The predicted molar refractivity (Wildman–Crippen MR) is 104 cm³/mol. The van der Waals surface area contributed by atoms with Gasteiger partial charge in [0.15, 0.2) is 11.3 Å². The Balaban J connectivity index is 1.45. The lowest BCUT2D eigenvalue weighted by atomic mass is 10.0. The lowest BCUT2D eigenvalue weighted by Gasteiger charge is -2.36. The van der Waals surface area contributed by atoms with Crippen LogP contribution in [0.2, 0.25) is 0 Å². The maximum Gasteiger partial charge on any atom is 0.274 e. The minimum Gasteiger partial charge on any atom is -0.342 e. The van der Waals surface area contributed by atoms with Crippen molar-refractivity contribution in [3.05, 3.63) is 35.8 Å². The number of rotatable bonds is 3. The number of aromatic nitrogens is 5. The summed E-state index contributed by atoms with van der Waals surface area (Å²) in [5.74, 6) is 0.931. The fraction of sp³-hybridized carbons (Fsp3) is 0.474. The van der Waals surface area contributed by atoms with Crippen molar-refractivity contribution in [2.24, 2.45) is 14.1 Å². The van der Waals surface area contributed by atoms with Gasteiger partial charge in [0.2, 0.25) is 5.95 Å². The summed E-state index contributed by atoms with van der Waals surface area (Å²) in [6, 6.07) is 5.95. The van der Waals surface area contributed by atoms with Crippen molar-refractivity contribution >= 4 is 23.0 Å². The van der Waals surface area contributed by atoms with Gasteiger partial charge in [-0.05, 0) is 38.0 Å². The number of hydrogen-bond donors (Lipinski definition) is 0. The lowest BCUT2D eigenvalue weighted by molar-refractivity contribution is 0.0702. The second kappa shape index (κ2) is 6.68. The van der Waals surface area contributed by atoms with E-state index in [2.05, 4.69) is 15.0 Å². The van der Waals surface area contributed by atoms with Crippen molar-refractivity contribution in [1.29, 1.82) is 0 Å². The highest BCUT2D eigenvalue weighted by Crippen LogP contribution is 2.24. The monoisotopic (exact) mass is 367 g/mol. The van der Waals surface area contributed by atoms with Gasteiger partial charge < -0.3 is 9.80 Å². The van der Waals surface area contributed by atoms with E-state index in [0.29, 0.717) is 5.69 Å². The first-order valence-corrected chi connectivity index (χ1v) is 9.26. The molecule has 0 aliphatic carbocycles. The fourth-order valence-electron chi connectivity index (χ4n) is 3.76. The fourth-order valence-corrected chi connectivity index (χ4v) is 3.76. The van der Waals surface area contributed by atoms with Gasteiger partial charge in [-0.15, -0.1) is 0 Å². The van der Waals surface area contributed by atoms with E-state index in [1.807, 2.05) is 55.7 Å². The molecule has 1 aliphatic heterocycles. The number of nitrogens with zero attached hydrogens (tertiary/aromatic N) is 7. The first kappa shape index (κ1) is 17.5. The van der Waals surface area contributed by atoms with Crippen molar-refractivity contribution in [3.8, 4) is 0 Å². The SMILES string of the molecule is Cc1cc(C(=O)N(C)C2CCN(c3nc4cccnc4n3C)CC2)nn1C. The molecule has 1 amide bonds. The zero-order chi connectivity index (χ0) is 19.1. The molecule has 27 heavy (non-hydrogen) atoms. The van der Waals surface area contributed by atoms with Crippen LogP contribution in [-0.2, 0) is 14.1 Å². The van der Waals surface area contributed by atoms with Gasteiger partial charge in [-0.3, -0.25) is 14.0 Å². The van der Waals surface area contributed by atoms with Crippen LogP contribution in [0.1, 0.15) is 29.0 Å². The van der Waals surface area contributed by atoms with E-state index in [1.54, 1.807) is 10.9 Å². The topological polar surface area (TPSA) is 72.1 Å². The van der Waals surface area contributed by atoms with E-state index in [-0.39, 0.29) is 11.9 Å². The smallest absolute Gasteiger partial charge is 0.274 e. The molecule has 1 aliphatic rings. The van der Waals surface area contributed by atoms with Gasteiger partial charge in [-0.1, -0.05) is 0 Å². The van der Waals surface area contributed by atoms with Crippen molar-refractivity contribution in [2.75, 3.05) is 25.0 Å². The van der Waals surface area contributed by atoms with Crippen LogP contribution in [0, 0.1) is 6.92 Å². The van der Waals surface area contributed by atoms with E-state index < -0.39 is 0 Å². The highest BCUT2D eigenvalue weighted by Gasteiger charge is 2.29. The number of hydrogen-bond acceptors (Lipinski definition) is 5. The summed E-state index contributed by atoms with van der Waals surface area (Å²) in [7, 11) is 5.74. The third-order valence-electron chi connectivity index (χ3n) is 5.55. The molecule has 0 bridgehead atoms. The van der Waals surface area contributed by atoms with Gasteiger partial charge in [-0.25, -0.2) is 9.97 Å². The normalized spacial score (nSPS) is 15.5. The van der Waals surface area contributed by atoms with Crippen LogP contribution in [0.15, 0.2) is 24.4 Å². The minimum atomic E-state index is -0.0101. The molecular weight excluding hydrogens is 342 g/mol. The van der Waals surface area contributed by atoms with Crippen LogP contribution < -0.4 is 4.90 Å². The Kier molecular flexibility index (Phi) is 4.33. The summed E-state index contributed by atoms with van der Waals surface area (Å²) in [4.78, 5) is 26.0. The van der Waals surface area contributed by atoms with Crippen LogP contribution in [0.25, 0.3) is 11.2 Å². The molecule has 3 aromatic heterocycles. The molecule has 1 saturated heterocycles. The number of fused-ring (bicyclic) bond motifs is 1. The van der Waals surface area contributed by atoms with Gasteiger partial charge in [-0.2, -0.15) is 5.10 Å². The van der Waals surface area contributed by atoms with E-state index in [9.17, 15) is 4.79 Å². The molecule has 0 spiro atoms. The van der Waals surface area contributed by atoms with E-state index in [4.69, 9.17) is 4.98 Å². The average Bonchev–Trinajstić information content (AvgIpc) is 3.20. The number of imidazole rings is 1. The van der Waals surface area contributed by atoms with Crippen LogP contribution in [-0.4, -0.2) is 61.3 Å². The number of aryl methyl sites for hydroxylation is 3. The maximum atomic E-state index is 12.7. The summed E-state index contributed by atoms with van der Waals surface area (Å²) < 4.78 is 3.78. The minimum absolute atomic E-state index is 0.0101. The van der Waals surface area contributed by atoms with Crippen LogP contribution in [0.5, 0.6) is 0 Å². The van der Waals surface area contributed by atoms with E-state index >= 15 is 0 Å². The number of piperidine rings is 1. The van der Waals surface area contributed by atoms with Gasteiger partial charge in [0.25, 0.3) is 5.91 Å². The quantitative estimate of drug-likeness (QED) is 0.705. The second-order valence-electron chi connectivity index (χ2n) is 7.25. The number of carbonyl (C=O) groups is 1. The summed E-state index contributed by atoms with van der Waals surface area (Å²) in [6.07, 6.45) is 3.61. The molecule has 8 nitrogen and oxygen atoms in total. The van der Waals surface area contributed by atoms with Crippen LogP contribution >= 0.6 is 0 Å². The van der Waals surface area contributed by atoms with Gasteiger partial charge in [0.05, 0.1) is 0 Å². The second-order valence-corrected chi connectivity index (χ2v) is 7.25. The molecule has 0 aromatic carbocycles. The summed E-state index contributed by atoms with van der Waals surface area (Å²) >= 11 is 0. The Morgan fingerprint density at radius 2 is 2.00 bits per heavy atom. The summed E-state index contributed by atoms with van der Waals surface area (Å²) in [5.41, 5.74) is 3.31. The van der Waals surface area contributed by atoms with Crippen molar-refractivity contribution in [3.63, 3.8) is 0 Å². The summed E-state index contributed by atoms with van der Waals surface area (Å²) in [5, 5.41) is 4.32. The Bertz CT molecular complexity index is 962. The molecule has 142 valence electrons. The van der Waals surface area contributed by atoms with Crippen molar-refractivity contribution in [1.82, 2.24) is 29.2 Å². The van der Waals surface area contributed by atoms with Gasteiger partial charge >= 0.3 is 0 Å². The van der Waals surface area contributed by atoms with Gasteiger partial charge in [0, 0.05) is 52.2 Å². The highest BCUT2D eigenvalue weighted by molar-refractivity contribution is 5.92. The molecule has 0 unspecified atom stereocenters. The first-order chi connectivity index (χ1) is 13.0. The van der Waals surface area contributed by atoms with Gasteiger partial charge in [0.1, 0.15) is 5.52 Å². The zero-order valence-corrected chi connectivity index (χ0v) is 16.3. The number of anilines is 1. The van der Waals surface area contributed by atoms with Crippen molar-refractivity contribution < 1.29 is 4.79 Å². The molecule has 4 heterocycles. The van der Waals surface area contributed by atoms with Crippen LogP contribution in [0.3, 0.4) is 0 Å². The third kappa shape index (κ3) is 3.05.